The van der Waals surface area contributed by atoms with Gasteiger partial charge in [-0.25, -0.2) is 0 Å². The van der Waals surface area contributed by atoms with Gasteiger partial charge in [0.25, 0.3) is 5.91 Å². The predicted molar refractivity (Wildman–Crippen MR) is 122 cm³/mol. The number of hydrogen-bond acceptors (Lipinski definition) is 8. The summed E-state index contributed by atoms with van der Waals surface area (Å²) in [5.74, 6) is 3.03. The van der Waals surface area contributed by atoms with Gasteiger partial charge < -0.3 is 33.3 Å². The van der Waals surface area contributed by atoms with Crippen LogP contribution < -0.4 is 33.7 Å². The number of ether oxygens (including phenoxy) is 6. The lowest BCUT2D eigenvalue weighted by molar-refractivity contribution is 0.0462. The van der Waals surface area contributed by atoms with Gasteiger partial charge in [0, 0.05) is 11.1 Å². The minimum absolute atomic E-state index is 0.0481. The molecule has 9 heteroatoms. The van der Waals surface area contributed by atoms with Crippen molar-refractivity contribution in [1.29, 1.82) is 0 Å². The van der Waals surface area contributed by atoms with Gasteiger partial charge in [-0.3, -0.25) is 10.1 Å². The Morgan fingerprint density at radius 2 is 1.59 bits per heavy atom. The molecular formula is C25H28N2O7. The van der Waals surface area contributed by atoms with Crippen molar-refractivity contribution in [3.63, 3.8) is 0 Å². The van der Waals surface area contributed by atoms with Gasteiger partial charge in [0.2, 0.25) is 25.1 Å². The van der Waals surface area contributed by atoms with Crippen LogP contribution >= 0.6 is 0 Å². The van der Waals surface area contributed by atoms with Crippen LogP contribution in [-0.4, -0.2) is 51.3 Å². The standard InChI is InChI=1S/C25H28N2O7/c1-4-15-13-9-16(29-2)21-23(33-11-31-21)19(13)20-14(10-17(30-3)22-24(20)34-12-32-22)25(28)27(15)18-7-5-6-8-26-18/h9-10,15,18,26H,4-8,11-12H2,1-3H3. The summed E-state index contributed by atoms with van der Waals surface area (Å²) in [6.45, 7) is 3.09. The fourth-order valence-electron chi connectivity index (χ4n) is 5.61. The van der Waals surface area contributed by atoms with Crippen LogP contribution in [0.2, 0.25) is 0 Å². The Morgan fingerprint density at radius 3 is 2.21 bits per heavy atom. The second kappa shape index (κ2) is 8.16. The van der Waals surface area contributed by atoms with Crippen molar-refractivity contribution in [3.8, 4) is 45.6 Å². The number of amides is 1. The lowest BCUT2D eigenvalue weighted by Gasteiger charge is -2.40. The quantitative estimate of drug-likeness (QED) is 0.725. The third-order valence-corrected chi connectivity index (χ3v) is 7.10. The minimum atomic E-state index is -0.210. The van der Waals surface area contributed by atoms with E-state index in [9.17, 15) is 4.79 Å². The van der Waals surface area contributed by atoms with E-state index < -0.39 is 0 Å². The molecule has 9 nitrogen and oxygen atoms in total. The predicted octanol–water partition coefficient (Wildman–Crippen LogP) is 3.83. The highest BCUT2D eigenvalue weighted by Gasteiger charge is 2.44. The van der Waals surface area contributed by atoms with E-state index in [0.717, 1.165) is 36.9 Å². The Morgan fingerprint density at radius 1 is 0.941 bits per heavy atom. The van der Waals surface area contributed by atoms with E-state index in [4.69, 9.17) is 28.4 Å². The molecule has 0 spiro atoms. The molecule has 6 rings (SSSR count). The highest BCUT2D eigenvalue weighted by Crippen LogP contribution is 2.59. The molecule has 4 aliphatic rings. The number of rotatable bonds is 4. The third-order valence-electron chi connectivity index (χ3n) is 7.10. The van der Waals surface area contributed by atoms with Crippen molar-refractivity contribution in [2.24, 2.45) is 0 Å². The molecule has 1 fully saturated rings. The number of fused-ring (bicyclic) bond motifs is 7. The molecule has 0 radical (unpaired) electrons. The monoisotopic (exact) mass is 468 g/mol. The Hall–Kier alpha value is -3.33. The van der Waals surface area contributed by atoms with E-state index in [0.29, 0.717) is 52.0 Å². The van der Waals surface area contributed by atoms with Gasteiger partial charge in [0.15, 0.2) is 23.0 Å². The lowest BCUT2D eigenvalue weighted by Crippen LogP contribution is -2.52. The van der Waals surface area contributed by atoms with E-state index in [1.54, 1.807) is 20.3 Å². The van der Waals surface area contributed by atoms with Crippen LogP contribution in [0.25, 0.3) is 11.1 Å². The van der Waals surface area contributed by atoms with Crippen LogP contribution in [0.15, 0.2) is 12.1 Å². The highest BCUT2D eigenvalue weighted by molar-refractivity contribution is 6.07. The number of carbonyl (C=O) groups is 1. The van der Waals surface area contributed by atoms with Crippen molar-refractivity contribution in [1.82, 2.24) is 10.2 Å². The van der Waals surface area contributed by atoms with Gasteiger partial charge in [-0.15, -0.1) is 0 Å². The minimum Gasteiger partial charge on any atom is -0.493 e. The molecule has 1 N–H and O–H groups in total. The van der Waals surface area contributed by atoms with Crippen LogP contribution in [0.5, 0.6) is 34.5 Å². The van der Waals surface area contributed by atoms with Crippen molar-refractivity contribution in [2.45, 2.75) is 44.8 Å². The van der Waals surface area contributed by atoms with Gasteiger partial charge in [-0.2, -0.15) is 0 Å². The maximum absolute atomic E-state index is 14.3. The molecule has 4 aliphatic heterocycles. The molecule has 1 saturated heterocycles. The molecule has 2 aromatic carbocycles. The van der Waals surface area contributed by atoms with Crippen LogP contribution in [0.3, 0.4) is 0 Å². The Balaban J connectivity index is 1.70. The summed E-state index contributed by atoms with van der Waals surface area (Å²) in [6.07, 6.45) is 3.67. The molecule has 2 atom stereocenters. The van der Waals surface area contributed by atoms with Crippen molar-refractivity contribution in [2.75, 3.05) is 34.4 Å². The molecule has 0 saturated carbocycles. The lowest BCUT2D eigenvalue weighted by atomic mass is 9.90. The smallest absolute Gasteiger partial charge is 0.256 e. The topological polar surface area (TPSA) is 87.7 Å². The SMILES string of the molecule is CCC1c2cc(OC)c3c(c2-c2c(cc(OC)c4c2OCO4)C(=O)N1C1CCCCN1)OCO3. The number of benzene rings is 2. The van der Waals surface area contributed by atoms with E-state index in [1.807, 2.05) is 11.0 Å². The normalized spacial score (nSPS) is 22.2. The number of carbonyl (C=O) groups excluding carboxylic acids is 1. The number of piperidine rings is 1. The molecule has 180 valence electrons. The molecule has 4 heterocycles. The van der Waals surface area contributed by atoms with Crippen LogP contribution in [0.4, 0.5) is 0 Å². The highest BCUT2D eigenvalue weighted by atomic mass is 16.7. The van der Waals surface area contributed by atoms with Gasteiger partial charge in [-0.1, -0.05) is 6.92 Å². The van der Waals surface area contributed by atoms with Crippen molar-refractivity contribution < 1.29 is 33.2 Å². The second-order valence-corrected chi connectivity index (χ2v) is 8.78. The van der Waals surface area contributed by atoms with Crippen LogP contribution in [0.1, 0.15) is 54.6 Å². The summed E-state index contributed by atoms with van der Waals surface area (Å²) in [6, 6.07) is 3.52. The number of nitrogens with zero attached hydrogens (tertiary/aromatic N) is 1. The Bertz CT molecular complexity index is 1160. The zero-order valence-electron chi connectivity index (χ0n) is 19.6. The van der Waals surface area contributed by atoms with Crippen molar-refractivity contribution >= 4 is 5.91 Å². The summed E-state index contributed by atoms with van der Waals surface area (Å²) in [4.78, 5) is 16.3. The summed E-state index contributed by atoms with van der Waals surface area (Å²) in [5.41, 5.74) is 2.86. The average molecular weight is 469 g/mol. The van der Waals surface area contributed by atoms with E-state index >= 15 is 0 Å². The summed E-state index contributed by atoms with van der Waals surface area (Å²) in [7, 11) is 3.17. The molecule has 1 amide bonds. The molecule has 0 aliphatic carbocycles. The first kappa shape index (κ1) is 21.2. The third kappa shape index (κ3) is 2.92. The summed E-state index contributed by atoms with van der Waals surface area (Å²) in [5, 5.41) is 3.57. The zero-order chi connectivity index (χ0) is 23.4. The number of nitrogens with one attached hydrogen (secondary N) is 1. The molecular weight excluding hydrogens is 440 g/mol. The Kier molecular flexibility index (Phi) is 5.09. The summed E-state index contributed by atoms with van der Waals surface area (Å²) < 4.78 is 34.8. The second-order valence-electron chi connectivity index (χ2n) is 8.78. The molecule has 0 bridgehead atoms. The van der Waals surface area contributed by atoms with E-state index in [2.05, 4.69) is 12.2 Å². The van der Waals surface area contributed by atoms with Gasteiger partial charge in [0.05, 0.1) is 32.0 Å². The maximum atomic E-state index is 14.3. The molecule has 34 heavy (non-hydrogen) atoms. The molecule has 0 aromatic heterocycles. The number of methoxy groups -OCH3 is 2. The van der Waals surface area contributed by atoms with Crippen LogP contribution in [0, 0.1) is 0 Å². The maximum Gasteiger partial charge on any atom is 0.256 e. The Labute approximate surface area is 197 Å². The fraction of sp³-hybridized carbons (Fsp3) is 0.480. The van der Waals surface area contributed by atoms with Gasteiger partial charge in [0.1, 0.15) is 0 Å². The van der Waals surface area contributed by atoms with E-state index in [-0.39, 0.29) is 31.7 Å². The van der Waals surface area contributed by atoms with Gasteiger partial charge in [-0.05, 0) is 49.9 Å². The van der Waals surface area contributed by atoms with Gasteiger partial charge >= 0.3 is 0 Å². The first-order valence-corrected chi connectivity index (χ1v) is 11.7. The first-order chi connectivity index (χ1) is 16.7. The molecule has 2 unspecified atom stereocenters. The molecule has 2 aromatic rings. The largest absolute Gasteiger partial charge is 0.493 e. The van der Waals surface area contributed by atoms with Crippen LogP contribution in [-0.2, 0) is 0 Å². The zero-order valence-corrected chi connectivity index (χ0v) is 19.6. The average Bonchev–Trinajstić information content (AvgIpc) is 3.54. The fourth-order valence-corrected chi connectivity index (χ4v) is 5.61. The summed E-state index contributed by atoms with van der Waals surface area (Å²) >= 11 is 0. The van der Waals surface area contributed by atoms with E-state index in [1.165, 1.54) is 0 Å². The first-order valence-electron chi connectivity index (χ1n) is 11.7. The van der Waals surface area contributed by atoms with Crippen molar-refractivity contribution in [3.05, 3.63) is 23.3 Å². The number of hydrogen-bond donors (Lipinski definition) is 1.